The molecule has 7 nitrogen and oxygen atoms in total. The van der Waals surface area contributed by atoms with Gasteiger partial charge in [-0.3, -0.25) is 19.8 Å². The van der Waals surface area contributed by atoms with E-state index in [0.717, 1.165) is 29.1 Å². The summed E-state index contributed by atoms with van der Waals surface area (Å²) in [4.78, 5) is 25.8. The molecule has 1 fully saturated rings. The fourth-order valence-electron chi connectivity index (χ4n) is 3.16. The van der Waals surface area contributed by atoms with E-state index in [1.807, 2.05) is 56.7 Å². The maximum Gasteiger partial charge on any atom is 0.244 e. The minimum absolute atomic E-state index is 0.0429. The minimum atomic E-state index is -0.131. The van der Waals surface area contributed by atoms with E-state index in [0.29, 0.717) is 11.4 Å². The lowest BCUT2D eigenvalue weighted by atomic mass is 9.64. The van der Waals surface area contributed by atoms with E-state index in [2.05, 4.69) is 25.7 Å². The van der Waals surface area contributed by atoms with Crippen LogP contribution >= 0.6 is 0 Å². The van der Waals surface area contributed by atoms with Crippen LogP contribution < -0.4 is 10.7 Å². The number of likely N-dealkylation sites (N-methyl/N-ethyl adjacent to an activating group) is 1. The SMILES string of the molecule is CC(N=CC=NC1=CNN(C)C1)c1cccc(NC(=O)C2=CN=C(C3CC3)[B]2)c1. The molecule has 1 amide bonds. The van der Waals surface area contributed by atoms with E-state index < -0.39 is 0 Å². The third-order valence-corrected chi connectivity index (χ3v) is 5.01. The normalized spacial score (nSPS) is 20.3. The predicted octanol–water partition coefficient (Wildman–Crippen LogP) is 2.49. The van der Waals surface area contributed by atoms with Crippen molar-refractivity contribution < 1.29 is 4.79 Å². The standard InChI is InChI=1S/C21H24BN6O/c1-14(23-8-9-24-18-11-26-28(2)13-18)16-4-3-5-17(10-16)27-21(29)19-12-25-20(22-19)15-6-7-15/h3-5,8-12,14-15,26H,6-7,13H2,1-2H3,(H,27,29). The Bertz CT molecular complexity index is 944. The summed E-state index contributed by atoms with van der Waals surface area (Å²) in [5.74, 6) is 0.414. The van der Waals surface area contributed by atoms with Crippen LogP contribution in [0, 0.1) is 5.92 Å². The van der Waals surface area contributed by atoms with Crippen LogP contribution in [0.3, 0.4) is 0 Å². The minimum Gasteiger partial charge on any atom is -0.324 e. The fraction of sp³-hybridized carbons (Fsp3) is 0.333. The second-order valence-electron chi connectivity index (χ2n) is 7.51. The number of hydrogen-bond acceptors (Lipinski definition) is 6. The van der Waals surface area contributed by atoms with Gasteiger partial charge in [0.15, 0.2) is 0 Å². The van der Waals surface area contributed by atoms with Gasteiger partial charge in [0.05, 0.1) is 18.3 Å². The number of aliphatic imine (C=N–C) groups is 3. The number of carbonyl (C=O) groups is 1. The third-order valence-electron chi connectivity index (χ3n) is 5.01. The number of hydrogen-bond donors (Lipinski definition) is 2. The van der Waals surface area contributed by atoms with Crippen molar-refractivity contribution >= 4 is 36.9 Å². The molecule has 1 aromatic rings. The molecule has 1 saturated carbocycles. The fourth-order valence-corrected chi connectivity index (χ4v) is 3.16. The Morgan fingerprint density at radius 1 is 1.41 bits per heavy atom. The molecule has 1 unspecified atom stereocenters. The molecular formula is C21H24BN6O. The Labute approximate surface area is 171 Å². The number of nitrogens with zero attached hydrogens (tertiary/aromatic N) is 4. The Morgan fingerprint density at radius 3 is 3.03 bits per heavy atom. The van der Waals surface area contributed by atoms with Gasteiger partial charge >= 0.3 is 0 Å². The highest BCUT2D eigenvalue weighted by Gasteiger charge is 2.31. The molecule has 29 heavy (non-hydrogen) atoms. The van der Waals surface area contributed by atoms with Crippen LogP contribution in [0.1, 0.15) is 31.4 Å². The summed E-state index contributed by atoms with van der Waals surface area (Å²) in [5, 5.41) is 4.91. The first-order valence-electron chi connectivity index (χ1n) is 9.84. The highest BCUT2D eigenvalue weighted by atomic mass is 16.1. The molecule has 1 aromatic carbocycles. The zero-order valence-corrected chi connectivity index (χ0v) is 16.7. The molecule has 8 heteroatoms. The van der Waals surface area contributed by atoms with Crippen molar-refractivity contribution in [2.24, 2.45) is 20.9 Å². The number of anilines is 1. The smallest absolute Gasteiger partial charge is 0.244 e. The quantitative estimate of drug-likeness (QED) is 0.557. The van der Waals surface area contributed by atoms with Crippen molar-refractivity contribution in [3.05, 3.63) is 53.4 Å². The van der Waals surface area contributed by atoms with E-state index in [4.69, 9.17) is 0 Å². The zero-order chi connectivity index (χ0) is 20.2. The van der Waals surface area contributed by atoms with Gasteiger partial charge in [-0.25, -0.2) is 5.01 Å². The topological polar surface area (TPSA) is 81.5 Å². The highest BCUT2D eigenvalue weighted by molar-refractivity contribution is 6.86. The Hall–Kier alpha value is -3.00. The Morgan fingerprint density at radius 2 is 2.28 bits per heavy atom. The first kappa shape index (κ1) is 19.3. The van der Waals surface area contributed by atoms with E-state index in [1.165, 1.54) is 12.8 Å². The van der Waals surface area contributed by atoms with Crippen LogP contribution in [0.25, 0.3) is 0 Å². The summed E-state index contributed by atoms with van der Waals surface area (Å²) in [5.41, 5.74) is 7.44. The lowest BCUT2D eigenvalue weighted by Crippen LogP contribution is -2.24. The maximum atomic E-state index is 12.5. The molecule has 2 aliphatic heterocycles. The van der Waals surface area contributed by atoms with Crippen molar-refractivity contribution in [3.63, 3.8) is 0 Å². The number of rotatable bonds is 7. The molecule has 1 radical (unpaired) electrons. The average molecular weight is 387 g/mol. The van der Waals surface area contributed by atoms with Gasteiger partial charge in [0, 0.05) is 43.0 Å². The maximum absolute atomic E-state index is 12.5. The number of benzene rings is 1. The van der Waals surface area contributed by atoms with Gasteiger partial charge in [0.2, 0.25) is 13.2 Å². The average Bonchev–Trinajstić information content (AvgIpc) is 3.29. The summed E-state index contributed by atoms with van der Waals surface area (Å²) >= 11 is 0. The lowest BCUT2D eigenvalue weighted by molar-refractivity contribution is -0.112. The predicted molar refractivity (Wildman–Crippen MR) is 118 cm³/mol. The van der Waals surface area contributed by atoms with Crippen LogP contribution in [-0.4, -0.2) is 49.8 Å². The van der Waals surface area contributed by atoms with E-state index >= 15 is 0 Å². The second-order valence-corrected chi connectivity index (χ2v) is 7.51. The summed E-state index contributed by atoms with van der Waals surface area (Å²) in [6.45, 7) is 2.78. The first-order valence-corrected chi connectivity index (χ1v) is 9.84. The van der Waals surface area contributed by atoms with Crippen LogP contribution in [-0.2, 0) is 4.79 Å². The molecule has 1 atom stereocenters. The highest BCUT2D eigenvalue weighted by Crippen LogP contribution is 2.32. The summed E-state index contributed by atoms with van der Waals surface area (Å²) < 4.78 is 0. The number of amides is 1. The number of carbonyl (C=O) groups excluding carboxylic acids is 1. The monoisotopic (exact) mass is 387 g/mol. The van der Waals surface area contributed by atoms with Crippen LogP contribution in [0.4, 0.5) is 5.69 Å². The Balaban J connectivity index is 1.31. The van der Waals surface area contributed by atoms with Gasteiger partial charge in [-0.15, -0.1) is 0 Å². The van der Waals surface area contributed by atoms with Crippen molar-refractivity contribution in [1.29, 1.82) is 0 Å². The van der Waals surface area contributed by atoms with Crippen LogP contribution in [0.5, 0.6) is 0 Å². The first-order chi connectivity index (χ1) is 14.1. The van der Waals surface area contributed by atoms with Crippen molar-refractivity contribution in [2.45, 2.75) is 25.8 Å². The molecule has 0 saturated heterocycles. The van der Waals surface area contributed by atoms with Gasteiger partial charge in [-0.05, 0) is 49.0 Å². The second kappa shape index (κ2) is 8.57. The zero-order valence-electron chi connectivity index (χ0n) is 16.7. The van der Waals surface area contributed by atoms with Gasteiger partial charge < -0.3 is 10.7 Å². The van der Waals surface area contributed by atoms with Gasteiger partial charge in [-0.2, -0.15) is 0 Å². The molecule has 3 aliphatic rings. The lowest BCUT2D eigenvalue weighted by Gasteiger charge is -2.10. The molecular weight excluding hydrogens is 363 g/mol. The van der Waals surface area contributed by atoms with Gasteiger partial charge in [0.25, 0.3) is 0 Å². The molecule has 0 spiro atoms. The number of nitrogens with one attached hydrogen (secondary N) is 2. The largest absolute Gasteiger partial charge is 0.324 e. The van der Waals surface area contributed by atoms with Crippen molar-refractivity contribution in [2.75, 3.05) is 18.9 Å². The van der Waals surface area contributed by atoms with Crippen molar-refractivity contribution in [3.8, 4) is 0 Å². The molecule has 1 aliphatic carbocycles. The van der Waals surface area contributed by atoms with Gasteiger partial charge in [-0.1, -0.05) is 12.1 Å². The van der Waals surface area contributed by atoms with Crippen molar-refractivity contribution in [1.82, 2.24) is 10.4 Å². The molecule has 147 valence electrons. The molecule has 0 aromatic heterocycles. The van der Waals surface area contributed by atoms with Crippen LogP contribution in [0.15, 0.2) is 62.8 Å². The molecule has 4 rings (SSSR count). The van der Waals surface area contributed by atoms with E-state index in [-0.39, 0.29) is 11.9 Å². The van der Waals surface area contributed by atoms with E-state index in [9.17, 15) is 4.79 Å². The van der Waals surface area contributed by atoms with Gasteiger partial charge in [0.1, 0.15) is 0 Å². The summed E-state index contributed by atoms with van der Waals surface area (Å²) in [6, 6.07) is 7.72. The number of hydrazine groups is 1. The summed E-state index contributed by atoms with van der Waals surface area (Å²) in [6.07, 6.45) is 9.30. The molecule has 2 heterocycles. The molecule has 0 bridgehead atoms. The Kier molecular flexibility index (Phi) is 5.71. The van der Waals surface area contributed by atoms with Crippen LogP contribution in [0.2, 0.25) is 0 Å². The third kappa shape index (κ3) is 5.09. The molecule has 2 N–H and O–H groups in total. The van der Waals surface area contributed by atoms with E-state index in [1.54, 1.807) is 18.6 Å². The summed E-state index contributed by atoms with van der Waals surface area (Å²) in [7, 11) is 3.86.